The largest absolute Gasteiger partial charge is 0.368 e. The van der Waals surface area contributed by atoms with Gasteiger partial charge in [0.15, 0.2) is 0 Å². The second kappa shape index (κ2) is 5.43. The number of hydrogen-bond acceptors (Lipinski definition) is 2. The predicted molar refractivity (Wildman–Crippen MR) is 68.8 cm³/mol. The summed E-state index contributed by atoms with van der Waals surface area (Å²) in [5.74, 6) is 1.15. The van der Waals surface area contributed by atoms with Crippen LogP contribution in [0, 0.1) is 0 Å². The Morgan fingerprint density at radius 2 is 1.33 bits per heavy atom. The molecule has 0 unspecified atom stereocenters. The molecule has 0 aromatic rings. The number of unbranched alkanes of at least 4 members (excludes halogenated alkanes) is 1. The fourth-order valence-electron chi connectivity index (χ4n) is 1.23. The predicted octanol–water partition coefficient (Wildman–Crippen LogP) is 3.40. The summed E-state index contributed by atoms with van der Waals surface area (Å²) in [6.07, 6.45) is 4.54. The van der Waals surface area contributed by atoms with E-state index in [1.54, 1.807) is 0 Å². The van der Waals surface area contributed by atoms with Crippen molar-refractivity contribution in [2.75, 3.05) is 0 Å². The lowest BCUT2D eigenvalue weighted by molar-refractivity contribution is 0.396. The minimum atomic E-state index is 0.109. The molecule has 2 heteroatoms. The van der Waals surface area contributed by atoms with Crippen molar-refractivity contribution >= 4 is 0 Å². The highest BCUT2D eigenvalue weighted by atomic mass is 15.1. The lowest BCUT2D eigenvalue weighted by Gasteiger charge is -2.30. The fraction of sp³-hybridized carbons (Fsp3) is 0.846. The fourth-order valence-corrected chi connectivity index (χ4v) is 1.23. The van der Waals surface area contributed by atoms with Gasteiger partial charge in [-0.1, -0.05) is 13.3 Å². The Morgan fingerprint density at radius 3 is 1.60 bits per heavy atom. The van der Waals surface area contributed by atoms with Crippen molar-refractivity contribution in [1.82, 2.24) is 10.6 Å². The maximum Gasteiger partial charge on any atom is 0.0953 e. The summed E-state index contributed by atoms with van der Waals surface area (Å²) in [7, 11) is 0. The third kappa shape index (κ3) is 9.64. The first-order chi connectivity index (χ1) is 6.64. The monoisotopic (exact) mass is 212 g/mol. The molecular formula is C13H28N2. The van der Waals surface area contributed by atoms with Gasteiger partial charge in [0, 0.05) is 11.1 Å². The highest BCUT2D eigenvalue weighted by Gasteiger charge is 2.15. The first kappa shape index (κ1) is 14.3. The summed E-state index contributed by atoms with van der Waals surface area (Å²) in [6, 6.07) is 0. The second-order valence-electron chi connectivity index (χ2n) is 6.16. The Bertz CT molecular complexity index is 186. The van der Waals surface area contributed by atoms with Crippen LogP contribution in [0.3, 0.4) is 0 Å². The summed E-state index contributed by atoms with van der Waals surface area (Å²) < 4.78 is 0. The van der Waals surface area contributed by atoms with Crippen molar-refractivity contribution in [1.29, 1.82) is 0 Å². The molecule has 0 bridgehead atoms. The number of nitrogens with one attached hydrogen (secondary N) is 2. The average molecular weight is 212 g/mol. The van der Waals surface area contributed by atoms with E-state index in [1.807, 2.05) is 0 Å². The van der Waals surface area contributed by atoms with Crippen molar-refractivity contribution in [3.63, 3.8) is 0 Å². The zero-order valence-electron chi connectivity index (χ0n) is 11.5. The van der Waals surface area contributed by atoms with Gasteiger partial charge in [-0.15, -0.1) is 0 Å². The molecule has 0 fully saturated rings. The summed E-state index contributed by atoms with van der Waals surface area (Å²) in [4.78, 5) is 0. The molecule has 15 heavy (non-hydrogen) atoms. The van der Waals surface area contributed by atoms with Crippen LogP contribution in [0.2, 0.25) is 0 Å². The molecule has 0 saturated heterocycles. The van der Waals surface area contributed by atoms with Gasteiger partial charge < -0.3 is 10.6 Å². The van der Waals surface area contributed by atoms with Gasteiger partial charge in [0.1, 0.15) is 0 Å². The summed E-state index contributed by atoms with van der Waals surface area (Å²) in [5.41, 5.74) is 0.218. The van der Waals surface area contributed by atoms with E-state index in [2.05, 4.69) is 65.2 Å². The van der Waals surface area contributed by atoms with Crippen molar-refractivity contribution in [2.45, 2.75) is 72.4 Å². The van der Waals surface area contributed by atoms with Gasteiger partial charge in [-0.2, -0.15) is 0 Å². The standard InChI is InChI=1S/C13H28N2/c1-8-9-10-11(14-12(2,3)4)15-13(5,6)7/h10,14-15H,8-9H2,1-7H3. The maximum atomic E-state index is 3.50. The van der Waals surface area contributed by atoms with Crippen LogP contribution in [0.4, 0.5) is 0 Å². The van der Waals surface area contributed by atoms with Gasteiger partial charge >= 0.3 is 0 Å². The van der Waals surface area contributed by atoms with Crippen LogP contribution < -0.4 is 10.6 Å². The van der Waals surface area contributed by atoms with E-state index >= 15 is 0 Å². The van der Waals surface area contributed by atoms with Crippen LogP contribution in [-0.2, 0) is 0 Å². The van der Waals surface area contributed by atoms with Crippen molar-refractivity contribution in [3.8, 4) is 0 Å². The van der Waals surface area contributed by atoms with Gasteiger partial charge in [0.05, 0.1) is 5.82 Å². The summed E-state index contributed by atoms with van der Waals surface area (Å²) in [6.45, 7) is 15.3. The maximum absolute atomic E-state index is 3.50. The van der Waals surface area contributed by atoms with Crippen LogP contribution in [0.1, 0.15) is 61.3 Å². The highest BCUT2D eigenvalue weighted by Crippen LogP contribution is 2.08. The molecule has 2 nitrogen and oxygen atoms in total. The van der Waals surface area contributed by atoms with E-state index < -0.39 is 0 Å². The molecule has 0 spiro atoms. The minimum absolute atomic E-state index is 0.109. The Labute approximate surface area is 95.5 Å². The summed E-state index contributed by atoms with van der Waals surface area (Å²) in [5, 5.41) is 7.00. The second-order valence-corrected chi connectivity index (χ2v) is 6.16. The molecule has 0 aliphatic carbocycles. The summed E-state index contributed by atoms with van der Waals surface area (Å²) >= 11 is 0. The Morgan fingerprint density at radius 1 is 0.933 bits per heavy atom. The van der Waals surface area contributed by atoms with Crippen molar-refractivity contribution in [3.05, 3.63) is 11.9 Å². The third-order valence-corrected chi connectivity index (χ3v) is 1.66. The molecule has 0 heterocycles. The number of rotatable bonds is 4. The molecule has 0 atom stereocenters. The lowest BCUT2D eigenvalue weighted by atomic mass is 10.1. The average Bonchev–Trinajstić information content (AvgIpc) is 1.94. The molecule has 0 rings (SSSR count). The minimum Gasteiger partial charge on any atom is -0.368 e. The third-order valence-electron chi connectivity index (χ3n) is 1.66. The first-order valence-corrected chi connectivity index (χ1v) is 5.90. The zero-order valence-corrected chi connectivity index (χ0v) is 11.5. The van der Waals surface area contributed by atoms with Gasteiger partial charge in [-0.05, 0) is 54.0 Å². The van der Waals surface area contributed by atoms with Crippen LogP contribution in [0.15, 0.2) is 11.9 Å². The molecule has 0 radical (unpaired) electrons. The normalized spacial score (nSPS) is 12.2. The lowest BCUT2D eigenvalue weighted by Crippen LogP contribution is -2.46. The quantitative estimate of drug-likeness (QED) is 0.746. The van der Waals surface area contributed by atoms with E-state index in [-0.39, 0.29) is 11.1 Å². The van der Waals surface area contributed by atoms with E-state index in [4.69, 9.17) is 0 Å². The van der Waals surface area contributed by atoms with Gasteiger partial charge in [0.25, 0.3) is 0 Å². The van der Waals surface area contributed by atoms with Crippen LogP contribution in [0.5, 0.6) is 0 Å². The molecule has 0 aliphatic rings. The molecule has 2 N–H and O–H groups in total. The van der Waals surface area contributed by atoms with Crippen LogP contribution in [-0.4, -0.2) is 11.1 Å². The van der Waals surface area contributed by atoms with Gasteiger partial charge in [-0.3, -0.25) is 0 Å². The highest BCUT2D eigenvalue weighted by molar-refractivity contribution is 5.03. The molecular weight excluding hydrogens is 184 g/mol. The molecule has 0 amide bonds. The molecule has 0 aliphatic heterocycles. The smallest absolute Gasteiger partial charge is 0.0953 e. The Kier molecular flexibility index (Phi) is 5.19. The van der Waals surface area contributed by atoms with Crippen molar-refractivity contribution in [2.24, 2.45) is 0 Å². The van der Waals surface area contributed by atoms with E-state index in [1.165, 1.54) is 6.42 Å². The van der Waals surface area contributed by atoms with Crippen LogP contribution >= 0.6 is 0 Å². The molecule has 90 valence electrons. The van der Waals surface area contributed by atoms with Gasteiger partial charge in [0.2, 0.25) is 0 Å². The number of allylic oxidation sites excluding steroid dienone is 1. The van der Waals surface area contributed by atoms with Crippen LogP contribution in [0.25, 0.3) is 0 Å². The first-order valence-electron chi connectivity index (χ1n) is 5.90. The zero-order chi connectivity index (χ0) is 12.1. The topological polar surface area (TPSA) is 24.1 Å². The SMILES string of the molecule is CCCC=C(NC(C)(C)C)NC(C)(C)C. The molecule has 0 aromatic heterocycles. The van der Waals surface area contributed by atoms with E-state index in [0.717, 1.165) is 12.2 Å². The Hall–Kier alpha value is -0.660. The van der Waals surface area contributed by atoms with Crippen molar-refractivity contribution < 1.29 is 0 Å². The molecule has 0 aromatic carbocycles. The van der Waals surface area contributed by atoms with Gasteiger partial charge in [-0.25, -0.2) is 0 Å². The number of hydrogen-bond donors (Lipinski definition) is 2. The Balaban J connectivity index is 4.46. The van der Waals surface area contributed by atoms with E-state index in [9.17, 15) is 0 Å². The molecule has 0 saturated carbocycles. The van der Waals surface area contributed by atoms with E-state index in [0.29, 0.717) is 0 Å².